The number of halogens is 1. The third kappa shape index (κ3) is 5.26. The summed E-state index contributed by atoms with van der Waals surface area (Å²) in [6, 6.07) is 14.6. The van der Waals surface area contributed by atoms with Crippen molar-refractivity contribution in [3.63, 3.8) is 0 Å². The molecule has 0 atom stereocenters. The molecule has 3 N–H and O–H groups in total. The molecule has 2 fully saturated rings. The first kappa shape index (κ1) is 22.5. The summed E-state index contributed by atoms with van der Waals surface area (Å²) in [6.45, 7) is 0.783. The Hall–Kier alpha value is -3.30. The summed E-state index contributed by atoms with van der Waals surface area (Å²) in [5.74, 6) is 2.64. The predicted octanol–water partition coefficient (Wildman–Crippen LogP) is 5.11. The number of nitrogens with zero attached hydrogens (tertiary/aromatic N) is 3. The van der Waals surface area contributed by atoms with Gasteiger partial charge in [-0.3, -0.25) is 9.59 Å². The van der Waals surface area contributed by atoms with Gasteiger partial charge in [-0.1, -0.05) is 23.7 Å². The molecule has 3 aromatic rings. The largest absolute Gasteiger partial charge is 0.337 e. The van der Waals surface area contributed by atoms with Crippen molar-refractivity contribution < 1.29 is 9.59 Å². The number of carbonyl (C=O) groups is 2. The minimum Gasteiger partial charge on any atom is -0.337 e. The summed E-state index contributed by atoms with van der Waals surface area (Å²) < 4.78 is 0. The Morgan fingerprint density at radius 2 is 1.79 bits per heavy atom. The number of amides is 2. The number of thioether (sulfide) groups is 1. The lowest BCUT2D eigenvalue weighted by Gasteiger charge is -2.15. The Morgan fingerprint density at radius 3 is 2.50 bits per heavy atom. The van der Waals surface area contributed by atoms with E-state index in [1.807, 2.05) is 41.3 Å². The first-order valence-electron chi connectivity index (χ1n) is 11.0. The summed E-state index contributed by atoms with van der Waals surface area (Å²) >= 11 is 8.10. The van der Waals surface area contributed by atoms with E-state index in [0.29, 0.717) is 33.7 Å². The molecular weight excluding hydrogens is 472 g/mol. The highest BCUT2D eigenvalue weighted by Crippen LogP contribution is 2.33. The Labute approximate surface area is 206 Å². The topological polar surface area (TPSA) is 99.2 Å². The summed E-state index contributed by atoms with van der Waals surface area (Å²) in [5, 5.41) is 9.65. The molecule has 1 saturated heterocycles. The fraction of sp³-hybridized carbons (Fsp3) is 0.250. The zero-order chi connectivity index (χ0) is 23.5. The van der Waals surface area contributed by atoms with Gasteiger partial charge in [0.1, 0.15) is 5.02 Å². The lowest BCUT2D eigenvalue weighted by molar-refractivity contribution is -0.117. The van der Waals surface area contributed by atoms with Crippen LogP contribution in [-0.4, -0.2) is 44.9 Å². The van der Waals surface area contributed by atoms with Crippen molar-refractivity contribution in [3.8, 4) is 0 Å². The van der Waals surface area contributed by atoms with Gasteiger partial charge in [-0.2, -0.15) is 4.98 Å². The molecule has 2 heterocycles. The normalized spacial score (nSPS) is 15.1. The number of para-hydroxylation sites is 2. The minimum absolute atomic E-state index is 0.0239. The molecular formula is C24H23ClN6O2S. The third-order valence-corrected chi connectivity index (χ3v) is 6.80. The number of carbonyl (C=O) groups excluding carboxylic acids is 2. The van der Waals surface area contributed by atoms with Crippen LogP contribution in [0, 0.1) is 5.92 Å². The van der Waals surface area contributed by atoms with Gasteiger partial charge in [0.2, 0.25) is 11.9 Å². The highest BCUT2D eigenvalue weighted by Gasteiger charge is 2.30. The fourth-order valence-corrected chi connectivity index (χ4v) is 4.59. The Balaban J connectivity index is 1.29. The number of nitrogens with one attached hydrogen (secondary N) is 3. The quantitative estimate of drug-likeness (QED) is 0.419. The third-order valence-electron chi connectivity index (χ3n) is 5.56. The van der Waals surface area contributed by atoms with Crippen LogP contribution >= 0.6 is 23.4 Å². The van der Waals surface area contributed by atoms with Gasteiger partial charge in [-0.15, -0.1) is 11.8 Å². The van der Waals surface area contributed by atoms with Crippen LogP contribution in [0.1, 0.15) is 23.2 Å². The van der Waals surface area contributed by atoms with Crippen LogP contribution in [0.15, 0.2) is 54.7 Å². The van der Waals surface area contributed by atoms with E-state index in [1.165, 1.54) is 6.20 Å². The molecule has 1 aliphatic heterocycles. The van der Waals surface area contributed by atoms with Gasteiger partial charge >= 0.3 is 0 Å². The van der Waals surface area contributed by atoms with Crippen LogP contribution in [0.25, 0.3) is 0 Å². The van der Waals surface area contributed by atoms with E-state index in [2.05, 4.69) is 25.9 Å². The maximum Gasteiger partial charge on any atom is 0.254 e. The van der Waals surface area contributed by atoms with Crippen molar-refractivity contribution >= 4 is 64.0 Å². The summed E-state index contributed by atoms with van der Waals surface area (Å²) in [4.78, 5) is 35.3. The van der Waals surface area contributed by atoms with Crippen molar-refractivity contribution in [3.05, 3.63) is 65.3 Å². The van der Waals surface area contributed by atoms with E-state index in [1.54, 1.807) is 23.9 Å². The van der Waals surface area contributed by atoms with E-state index in [9.17, 15) is 9.59 Å². The number of hydrogen-bond acceptors (Lipinski definition) is 7. The lowest BCUT2D eigenvalue weighted by Crippen LogP contribution is -2.27. The average molecular weight is 495 g/mol. The van der Waals surface area contributed by atoms with Crippen molar-refractivity contribution in [1.29, 1.82) is 0 Å². The second kappa shape index (κ2) is 9.90. The van der Waals surface area contributed by atoms with Crippen LogP contribution < -0.4 is 16.0 Å². The van der Waals surface area contributed by atoms with Crippen molar-refractivity contribution in [1.82, 2.24) is 14.9 Å². The van der Waals surface area contributed by atoms with Gasteiger partial charge in [0.15, 0.2) is 5.82 Å². The van der Waals surface area contributed by atoms with E-state index < -0.39 is 0 Å². The number of anilines is 5. The molecule has 174 valence electrons. The molecule has 34 heavy (non-hydrogen) atoms. The van der Waals surface area contributed by atoms with Crippen LogP contribution in [0.3, 0.4) is 0 Å². The van der Waals surface area contributed by atoms with E-state index in [4.69, 9.17) is 11.6 Å². The van der Waals surface area contributed by atoms with Crippen LogP contribution in [0.4, 0.5) is 28.8 Å². The highest BCUT2D eigenvalue weighted by atomic mass is 35.5. The molecule has 8 nitrogen and oxygen atoms in total. The standard InChI is InChI=1S/C24H23ClN6O2S/c25-18-13-26-24(27-17-9-7-16(8-10-17)23(33)31-11-12-34-14-31)30-21(18)28-19-3-1-2-4-20(19)29-22(32)15-5-6-15/h1-4,7-10,13,15H,5-6,11-12,14H2,(H,29,32)(H2,26,27,28,30). The highest BCUT2D eigenvalue weighted by molar-refractivity contribution is 7.99. The lowest BCUT2D eigenvalue weighted by atomic mass is 10.2. The maximum absolute atomic E-state index is 12.5. The Morgan fingerprint density at radius 1 is 1.03 bits per heavy atom. The number of hydrogen-bond donors (Lipinski definition) is 3. The molecule has 0 unspecified atom stereocenters. The molecule has 2 amide bonds. The summed E-state index contributed by atoms with van der Waals surface area (Å²) in [6.07, 6.45) is 3.37. The van der Waals surface area contributed by atoms with Gasteiger partial charge in [0.25, 0.3) is 5.91 Å². The minimum atomic E-state index is 0.0239. The molecule has 10 heteroatoms. The number of rotatable bonds is 7. The molecule has 1 aliphatic carbocycles. The maximum atomic E-state index is 12.5. The Bertz CT molecular complexity index is 1210. The molecule has 2 aromatic carbocycles. The zero-order valence-corrected chi connectivity index (χ0v) is 19.8. The van der Waals surface area contributed by atoms with Crippen LogP contribution in [-0.2, 0) is 4.79 Å². The first-order chi connectivity index (χ1) is 16.6. The monoisotopic (exact) mass is 494 g/mol. The van der Waals surface area contributed by atoms with Gasteiger partial charge in [0, 0.05) is 29.5 Å². The van der Waals surface area contributed by atoms with Gasteiger partial charge < -0.3 is 20.9 Å². The second-order valence-electron chi connectivity index (χ2n) is 8.13. The summed E-state index contributed by atoms with van der Waals surface area (Å²) in [5.41, 5.74) is 2.75. The molecule has 0 bridgehead atoms. The van der Waals surface area contributed by atoms with Gasteiger partial charge in [-0.25, -0.2) is 4.98 Å². The van der Waals surface area contributed by atoms with E-state index in [0.717, 1.165) is 36.7 Å². The van der Waals surface area contributed by atoms with E-state index >= 15 is 0 Å². The first-order valence-corrected chi connectivity index (χ1v) is 12.5. The average Bonchev–Trinajstić information content (AvgIpc) is 3.57. The van der Waals surface area contributed by atoms with Crippen molar-refractivity contribution in [2.45, 2.75) is 12.8 Å². The molecule has 0 spiro atoms. The molecule has 1 aromatic heterocycles. The summed E-state index contributed by atoms with van der Waals surface area (Å²) in [7, 11) is 0. The molecule has 0 radical (unpaired) electrons. The number of benzene rings is 2. The smallest absolute Gasteiger partial charge is 0.254 e. The van der Waals surface area contributed by atoms with Crippen LogP contribution in [0.5, 0.6) is 0 Å². The number of aromatic nitrogens is 2. The van der Waals surface area contributed by atoms with E-state index in [-0.39, 0.29) is 17.7 Å². The molecule has 1 saturated carbocycles. The van der Waals surface area contributed by atoms with Gasteiger partial charge in [-0.05, 0) is 49.2 Å². The SMILES string of the molecule is O=C(Nc1ccccc1Nc1nc(Nc2ccc(C(=O)N3CCSC3)cc2)ncc1Cl)C1CC1. The predicted molar refractivity (Wildman–Crippen MR) is 136 cm³/mol. The fourth-order valence-electron chi connectivity index (χ4n) is 3.51. The van der Waals surface area contributed by atoms with Crippen molar-refractivity contribution in [2.75, 3.05) is 34.1 Å². The Kier molecular flexibility index (Phi) is 6.55. The van der Waals surface area contributed by atoms with Crippen molar-refractivity contribution in [2.24, 2.45) is 5.92 Å². The molecule has 2 aliphatic rings. The second-order valence-corrected chi connectivity index (χ2v) is 9.61. The zero-order valence-electron chi connectivity index (χ0n) is 18.3. The molecule has 5 rings (SSSR count). The van der Waals surface area contributed by atoms with Crippen LogP contribution in [0.2, 0.25) is 5.02 Å². The van der Waals surface area contributed by atoms with Gasteiger partial charge in [0.05, 0.1) is 23.4 Å².